The predicted octanol–water partition coefficient (Wildman–Crippen LogP) is 3.90. The van der Waals surface area contributed by atoms with Crippen LogP contribution in [0.5, 0.6) is 5.75 Å². The van der Waals surface area contributed by atoms with Gasteiger partial charge >= 0.3 is 5.97 Å². The molecule has 0 heterocycles. The molecule has 2 aromatic carbocycles. The molecule has 0 aliphatic heterocycles. The Bertz CT molecular complexity index is 896. The fourth-order valence-corrected chi connectivity index (χ4v) is 2.41. The number of para-hydroxylation sites is 1. The number of nitrogens with zero attached hydrogens (tertiary/aromatic N) is 1. The molecule has 2 aromatic rings. The second-order valence-electron chi connectivity index (χ2n) is 6.42. The SMILES string of the molecule is Cc1cccc([N+](=O)[O-])c1NC(=O)COC(=O)C(C)(C)Oc1ccc(Cl)cc1. The molecule has 0 bridgehead atoms. The minimum atomic E-state index is -1.36. The van der Waals surface area contributed by atoms with Gasteiger partial charge in [-0.3, -0.25) is 14.9 Å². The normalized spacial score (nSPS) is 10.9. The van der Waals surface area contributed by atoms with Crippen LogP contribution < -0.4 is 10.1 Å². The number of amides is 1. The van der Waals surface area contributed by atoms with Crippen LogP contribution in [0, 0.1) is 17.0 Å². The van der Waals surface area contributed by atoms with Crippen LogP contribution in [0.25, 0.3) is 0 Å². The highest BCUT2D eigenvalue weighted by Gasteiger charge is 2.32. The number of hydrogen-bond acceptors (Lipinski definition) is 6. The van der Waals surface area contributed by atoms with E-state index in [1.807, 2.05) is 0 Å². The Balaban J connectivity index is 1.97. The number of aryl methyl sites for hydroxylation is 1. The number of esters is 1. The van der Waals surface area contributed by atoms with E-state index in [0.29, 0.717) is 16.3 Å². The molecule has 148 valence electrons. The Morgan fingerprint density at radius 2 is 1.82 bits per heavy atom. The van der Waals surface area contributed by atoms with Gasteiger partial charge in [0.15, 0.2) is 12.2 Å². The minimum absolute atomic E-state index is 0.0604. The van der Waals surface area contributed by atoms with E-state index in [9.17, 15) is 19.7 Å². The molecule has 0 unspecified atom stereocenters. The number of nitro benzene ring substituents is 1. The van der Waals surface area contributed by atoms with Gasteiger partial charge in [0.05, 0.1) is 4.92 Å². The average Bonchev–Trinajstić information content (AvgIpc) is 2.62. The first-order chi connectivity index (χ1) is 13.1. The largest absolute Gasteiger partial charge is 0.476 e. The van der Waals surface area contributed by atoms with Crippen molar-refractivity contribution in [2.24, 2.45) is 0 Å². The number of nitro groups is 1. The summed E-state index contributed by atoms with van der Waals surface area (Å²) < 4.78 is 10.6. The molecule has 0 saturated heterocycles. The van der Waals surface area contributed by atoms with Crippen LogP contribution in [-0.4, -0.2) is 29.0 Å². The number of ether oxygens (including phenoxy) is 2. The maximum atomic E-state index is 12.3. The molecule has 1 N–H and O–H groups in total. The lowest BCUT2D eigenvalue weighted by molar-refractivity contribution is -0.384. The van der Waals surface area contributed by atoms with E-state index < -0.39 is 29.0 Å². The zero-order chi connectivity index (χ0) is 20.9. The zero-order valence-electron chi connectivity index (χ0n) is 15.5. The van der Waals surface area contributed by atoms with Crippen molar-refractivity contribution in [1.82, 2.24) is 0 Å². The molecule has 0 saturated carbocycles. The van der Waals surface area contributed by atoms with Crippen molar-refractivity contribution in [3.05, 3.63) is 63.2 Å². The molecule has 0 aromatic heterocycles. The number of rotatable bonds is 7. The standard InChI is InChI=1S/C19H19ClN2O6/c1-12-5-4-6-15(22(25)26)17(12)21-16(23)11-27-18(24)19(2,3)28-14-9-7-13(20)8-10-14/h4-10H,11H2,1-3H3,(H,21,23). The van der Waals surface area contributed by atoms with Crippen molar-refractivity contribution < 1.29 is 24.0 Å². The lowest BCUT2D eigenvalue weighted by Crippen LogP contribution is -2.41. The molecule has 0 aliphatic carbocycles. The van der Waals surface area contributed by atoms with Gasteiger partial charge in [-0.1, -0.05) is 23.7 Å². The Morgan fingerprint density at radius 1 is 1.18 bits per heavy atom. The predicted molar refractivity (Wildman–Crippen MR) is 104 cm³/mol. The lowest BCUT2D eigenvalue weighted by atomic mass is 10.1. The lowest BCUT2D eigenvalue weighted by Gasteiger charge is -2.24. The van der Waals surface area contributed by atoms with E-state index in [1.165, 1.54) is 26.0 Å². The van der Waals surface area contributed by atoms with Crippen molar-refractivity contribution in [2.75, 3.05) is 11.9 Å². The number of hydrogen-bond donors (Lipinski definition) is 1. The molecule has 0 spiro atoms. The molecule has 0 atom stereocenters. The summed E-state index contributed by atoms with van der Waals surface area (Å²) in [7, 11) is 0. The molecule has 28 heavy (non-hydrogen) atoms. The fraction of sp³-hybridized carbons (Fsp3) is 0.263. The van der Waals surface area contributed by atoms with Gasteiger partial charge in [0.1, 0.15) is 11.4 Å². The molecule has 0 fully saturated rings. The second-order valence-corrected chi connectivity index (χ2v) is 6.85. The number of anilines is 1. The van der Waals surface area contributed by atoms with Gasteiger partial charge in [0, 0.05) is 11.1 Å². The molecule has 0 radical (unpaired) electrons. The summed E-state index contributed by atoms with van der Waals surface area (Å²) in [6.07, 6.45) is 0. The number of carbonyl (C=O) groups is 2. The second kappa shape index (κ2) is 8.71. The number of carbonyl (C=O) groups excluding carboxylic acids is 2. The summed E-state index contributed by atoms with van der Waals surface area (Å²) in [5, 5.41) is 14.0. The fourth-order valence-electron chi connectivity index (χ4n) is 2.29. The van der Waals surface area contributed by atoms with Gasteiger partial charge < -0.3 is 14.8 Å². The van der Waals surface area contributed by atoms with Gasteiger partial charge in [-0.05, 0) is 50.6 Å². The Kier molecular flexibility index (Phi) is 6.58. The van der Waals surface area contributed by atoms with E-state index in [1.54, 1.807) is 37.3 Å². The van der Waals surface area contributed by atoms with E-state index in [4.69, 9.17) is 21.1 Å². The van der Waals surface area contributed by atoms with Crippen molar-refractivity contribution in [3.63, 3.8) is 0 Å². The quantitative estimate of drug-likeness (QED) is 0.424. The third-order valence-electron chi connectivity index (χ3n) is 3.72. The Labute approximate surface area is 166 Å². The molecule has 8 nitrogen and oxygen atoms in total. The molecule has 1 amide bonds. The number of nitrogens with one attached hydrogen (secondary N) is 1. The maximum absolute atomic E-state index is 12.3. The molecule has 0 aliphatic rings. The van der Waals surface area contributed by atoms with Crippen molar-refractivity contribution in [3.8, 4) is 5.75 Å². The van der Waals surface area contributed by atoms with E-state index in [-0.39, 0.29) is 11.4 Å². The van der Waals surface area contributed by atoms with Gasteiger partial charge in [0.25, 0.3) is 11.6 Å². The van der Waals surface area contributed by atoms with Crippen LogP contribution in [0.15, 0.2) is 42.5 Å². The van der Waals surface area contributed by atoms with Crippen LogP contribution in [0.2, 0.25) is 5.02 Å². The van der Waals surface area contributed by atoms with E-state index in [2.05, 4.69) is 5.32 Å². The van der Waals surface area contributed by atoms with Crippen molar-refractivity contribution >= 4 is 34.9 Å². The van der Waals surface area contributed by atoms with Crippen LogP contribution in [0.1, 0.15) is 19.4 Å². The smallest absolute Gasteiger partial charge is 0.350 e. The first kappa shape index (κ1) is 21.2. The van der Waals surface area contributed by atoms with E-state index >= 15 is 0 Å². The van der Waals surface area contributed by atoms with Gasteiger partial charge in [-0.2, -0.15) is 0 Å². The van der Waals surface area contributed by atoms with Gasteiger partial charge in [-0.15, -0.1) is 0 Å². The monoisotopic (exact) mass is 406 g/mol. The number of benzene rings is 2. The third-order valence-corrected chi connectivity index (χ3v) is 3.98. The number of halogens is 1. The first-order valence-electron chi connectivity index (χ1n) is 8.26. The molecular formula is C19H19ClN2O6. The van der Waals surface area contributed by atoms with Crippen LogP contribution in [0.4, 0.5) is 11.4 Å². The topological polar surface area (TPSA) is 108 Å². The summed E-state index contributed by atoms with van der Waals surface area (Å²) in [4.78, 5) is 34.9. The zero-order valence-corrected chi connectivity index (χ0v) is 16.3. The van der Waals surface area contributed by atoms with Crippen LogP contribution >= 0.6 is 11.6 Å². The summed E-state index contributed by atoms with van der Waals surface area (Å²) in [5.74, 6) is -1.06. The summed E-state index contributed by atoms with van der Waals surface area (Å²) in [6.45, 7) is 4.00. The molecule has 2 rings (SSSR count). The Morgan fingerprint density at radius 3 is 2.43 bits per heavy atom. The van der Waals surface area contributed by atoms with Crippen molar-refractivity contribution in [2.45, 2.75) is 26.4 Å². The van der Waals surface area contributed by atoms with E-state index in [0.717, 1.165) is 0 Å². The van der Waals surface area contributed by atoms with Crippen LogP contribution in [0.3, 0.4) is 0 Å². The first-order valence-corrected chi connectivity index (χ1v) is 8.63. The highest BCUT2D eigenvalue weighted by atomic mass is 35.5. The highest BCUT2D eigenvalue weighted by molar-refractivity contribution is 6.30. The van der Waals surface area contributed by atoms with Gasteiger partial charge in [-0.25, -0.2) is 4.79 Å². The third kappa shape index (κ3) is 5.43. The summed E-state index contributed by atoms with van der Waals surface area (Å²) >= 11 is 5.80. The van der Waals surface area contributed by atoms with Gasteiger partial charge in [0.2, 0.25) is 0 Å². The van der Waals surface area contributed by atoms with Crippen LogP contribution in [-0.2, 0) is 14.3 Å². The minimum Gasteiger partial charge on any atom is -0.476 e. The highest BCUT2D eigenvalue weighted by Crippen LogP contribution is 2.27. The molecule has 9 heteroatoms. The summed E-state index contributed by atoms with van der Waals surface area (Å²) in [5.41, 5.74) is -1.03. The summed E-state index contributed by atoms with van der Waals surface area (Å²) in [6, 6.07) is 10.8. The average molecular weight is 407 g/mol. The maximum Gasteiger partial charge on any atom is 0.350 e. The molecular weight excluding hydrogens is 388 g/mol. The van der Waals surface area contributed by atoms with Crippen molar-refractivity contribution in [1.29, 1.82) is 0 Å². The Hall–Kier alpha value is -3.13.